The molecule has 1 aromatic rings. The molecule has 13 heavy (non-hydrogen) atoms. The average Bonchev–Trinajstić information content (AvgIpc) is 2.57. The molecule has 0 fully saturated rings. The largest absolute Gasteiger partial charge is 0.192 e. The van der Waals surface area contributed by atoms with E-state index in [2.05, 4.69) is 6.92 Å². The number of hydrogen-bond donors (Lipinski definition) is 0. The predicted octanol–water partition coefficient (Wildman–Crippen LogP) is 2.83. The Bertz CT molecular complexity index is 334. The van der Waals surface area contributed by atoms with Crippen molar-refractivity contribution in [2.75, 3.05) is 0 Å². The van der Waals surface area contributed by atoms with Crippen LogP contribution >= 0.6 is 11.3 Å². The first kappa shape index (κ1) is 9.77. The first-order valence-electron chi connectivity index (χ1n) is 4.24. The molecule has 3 heteroatoms. The summed E-state index contributed by atoms with van der Waals surface area (Å²) in [5.41, 5.74) is 0.526. The lowest BCUT2D eigenvalue weighted by Crippen LogP contribution is -1.77. The van der Waals surface area contributed by atoms with Gasteiger partial charge in [0.1, 0.15) is 17.0 Å². The average molecular weight is 190 g/mol. The Labute approximate surface area is 82.0 Å². The SMILES string of the molecule is CCCCc1cc(C#N)c(C#N)s1. The summed E-state index contributed by atoms with van der Waals surface area (Å²) >= 11 is 1.44. The lowest BCUT2D eigenvalue weighted by atomic mass is 10.2. The molecule has 0 aliphatic rings. The van der Waals surface area contributed by atoms with Gasteiger partial charge in [-0.15, -0.1) is 11.3 Å². The van der Waals surface area contributed by atoms with Crippen molar-refractivity contribution in [2.45, 2.75) is 26.2 Å². The van der Waals surface area contributed by atoms with Crippen molar-refractivity contribution in [1.82, 2.24) is 0 Å². The van der Waals surface area contributed by atoms with E-state index in [0.29, 0.717) is 10.4 Å². The van der Waals surface area contributed by atoms with Gasteiger partial charge in [0.05, 0.1) is 5.56 Å². The molecular weight excluding hydrogens is 180 g/mol. The molecule has 0 aromatic carbocycles. The monoisotopic (exact) mass is 190 g/mol. The molecule has 0 aliphatic heterocycles. The van der Waals surface area contributed by atoms with E-state index in [4.69, 9.17) is 10.5 Å². The molecule has 0 radical (unpaired) electrons. The number of nitriles is 2. The molecule has 0 N–H and O–H groups in total. The first-order valence-corrected chi connectivity index (χ1v) is 5.06. The second-order valence-corrected chi connectivity index (χ2v) is 3.92. The highest BCUT2D eigenvalue weighted by Gasteiger charge is 2.06. The van der Waals surface area contributed by atoms with Crippen LogP contribution in [0.25, 0.3) is 0 Å². The van der Waals surface area contributed by atoms with Crippen LogP contribution in [0.1, 0.15) is 35.1 Å². The Morgan fingerprint density at radius 2 is 2.15 bits per heavy atom. The normalized spacial score (nSPS) is 9.15. The highest BCUT2D eigenvalue weighted by atomic mass is 32.1. The van der Waals surface area contributed by atoms with E-state index in [1.807, 2.05) is 18.2 Å². The number of thiophene rings is 1. The van der Waals surface area contributed by atoms with E-state index in [1.165, 1.54) is 11.3 Å². The molecule has 0 saturated carbocycles. The van der Waals surface area contributed by atoms with Crippen LogP contribution in [-0.2, 0) is 6.42 Å². The van der Waals surface area contributed by atoms with Gasteiger partial charge in [-0.1, -0.05) is 13.3 Å². The molecule has 0 aliphatic carbocycles. The number of hydrogen-bond acceptors (Lipinski definition) is 3. The van der Waals surface area contributed by atoms with Gasteiger partial charge in [0.2, 0.25) is 0 Å². The number of aryl methyl sites for hydroxylation is 1. The van der Waals surface area contributed by atoms with Crippen LogP contribution in [0.15, 0.2) is 6.07 Å². The van der Waals surface area contributed by atoms with E-state index in [1.54, 1.807) is 0 Å². The maximum absolute atomic E-state index is 8.70. The van der Waals surface area contributed by atoms with E-state index in [-0.39, 0.29) is 0 Å². The molecule has 0 spiro atoms. The van der Waals surface area contributed by atoms with Crippen LogP contribution in [0.2, 0.25) is 0 Å². The van der Waals surface area contributed by atoms with Gasteiger partial charge in [-0.3, -0.25) is 0 Å². The highest BCUT2D eigenvalue weighted by molar-refractivity contribution is 7.12. The number of nitrogens with zero attached hydrogens (tertiary/aromatic N) is 2. The van der Waals surface area contributed by atoms with Gasteiger partial charge in [0, 0.05) is 4.88 Å². The molecule has 0 unspecified atom stereocenters. The zero-order valence-electron chi connectivity index (χ0n) is 7.50. The molecule has 0 bridgehead atoms. The summed E-state index contributed by atoms with van der Waals surface area (Å²) in [6.45, 7) is 2.13. The van der Waals surface area contributed by atoms with Crippen LogP contribution in [0.5, 0.6) is 0 Å². The molecule has 0 amide bonds. The van der Waals surface area contributed by atoms with Crippen molar-refractivity contribution in [3.05, 3.63) is 21.4 Å². The molecule has 0 saturated heterocycles. The number of rotatable bonds is 3. The summed E-state index contributed by atoms with van der Waals surface area (Å²) in [6.07, 6.45) is 3.25. The Hall–Kier alpha value is -1.32. The molecule has 0 atom stereocenters. The highest BCUT2D eigenvalue weighted by Crippen LogP contribution is 2.22. The van der Waals surface area contributed by atoms with E-state index < -0.39 is 0 Å². The van der Waals surface area contributed by atoms with Crippen LogP contribution < -0.4 is 0 Å². The van der Waals surface area contributed by atoms with Crippen LogP contribution in [-0.4, -0.2) is 0 Å². The summed E-state index contributed by atoms with van der Waals surface area (Å²) in [5.74, 6) is 0. The van der Waals surface area contributed by atoms with Crippen molar-refractivity contribution in [1.29, 1.82) is 10.5 Å². The molecule has 1 rings (SSSR count). The van der Waals surface area contributed by atoms with Crippen molar-refractivity contribution in [3.63, 3.8) is 0 Å². The Kier molecular flexibility index (Phi) is 3.49. The van der Waals surface area contributed by atoms with Crippen molar-refractivity contribution in [2.24, 2.45) is 0 Å². The van der Waals surface area contributed by atoms with Crippen LogP contribution in [0.4, 0.5) is 0 Å². The summed E-state index contributed by atoms with van der Waals surface area (Å²) in [7, 11) is 0. The summed E-state index contributed by atoms with van der Waals surface area (Å²) in [6, 6.07) is 5.90. The minimum atomic E-state index is 0.526. The van der Waals surface area contributed by atoms with E-state index in [9.17, 15) is 0 Å². The third-order valence-corrected chi connectivity index (χ3v) is 2.88. The molecule has 1 aromatic heterocycles. The third kappa shape index (κ3) is 2.31. The maximum Gasteiger partial charge on any atom is 0.122 e. The van der Waals surface area contributed by atoms with Gasteiger partial charge in [-0.05, 0) is 18.9 Å². The van der Waals surface area contributed by atoms with Crippen molar-refractivity contribution < 1.29 is 0 Å². The lowest BCUT2D eigenvalue weighted by molar-refractivity contribution is 0.804. The summed E-state index contributed by atoms with van der Waals surface area (Å²) < 4.78 is 0. The van der Waals surface area contributed by atoms with Gasteiger partial charge < -0.3 is 0 Å². The van der Waals surface area contributed by atoms with Gasteiger partial charge in [-0.25, -0.2) is 0 Å². The van der Waals surface area contributed by atoms with Gasteiger partial charge >= 0.3 is 0 Å². The Morgan fingerprint density at radius 3 is 2.62 bits per heavy atom. The smallest absolute Gasteiger partial charge is 0.122 e. The first-order chi connectivity index (χ1) is 6.31. The molecule has 66 valence electrons. The van der Waals surface area contributed by atoms with Gasteiger partial charge in [0.25, 0.3) is 0 Å². The zero-order valence-corrected chi connectivity index (χ0v) is 8.32. The second-order valence-electron chi connectivity index (χ2n) is 2.78. The molecule has 2 nitrogen and oxygen atoms in total. The topological polar surface area (TPSA) is 47.6 Å². The van der Waals surface area contributed by atoms with Gasteiger partial charge in [0.15, 0.2) is 0 Å². The molecular formula is C10H10N2S. The standard InChI is InChI=1S/C10H10N2S/c1-2-3-4-9-5-8(6-11)10(7-12)13-9/h5H,2-4H2,1H3. The van der Waals surface area contributed by atoms with Crippen LogP contribution in [0, 0.1) is 22.7 Å². The fourth-order valence-corrected chi connectivity index (χ4v) is 2.03. The Morgan fingerprint density at radius 1 is 1.38 bits per heavy atom. The van der Waals surface area contributed by atoms with Crippen molar-refractivity contribution >= 4 is 11.3 Å². The third-order valence-electron chi connectivity index (χ3n) is 1.78. The Balaban J connectivity index is 2.84. The second kappa shape index (κ2) is 4.64. The van der Waals surface area contributed by atoms with Crippen LogP contribution in [0.3, 0.4) is 0 Å². The lowest BCUT2D eigenvalue weighted by Gasteiger charge is -1.90. The van der Waals surface area contributed by atoms with E-state index in [0.717, 1.165) is 24.1 Å². The van der Waals surface area contributed by atoms with Gasteiger partial charge in [-0.2, -0.15) is 10.5 Å². The predicted molar refractivity (Wildman–Crippen MR) is 52.4 cm³/mol. The summed E-state index contributed by atoms with van der Waals surface area (Å²) in [5, 5.41) is 17.4. The molecule has 1 heterocycles. The number of unbranched alkanes of at least 4 members (excludes halogenated alkanes) is 1. The summed E-state index contributed by atoms with van der Waals surface area (Å²) in [4.78, 5) is 1.70. The van der Waals surface area contributed by atoms with E-state index >= 15 is 0 Å². The quantitative estimate of drug-likeness (QED) is 0.735. The minimum Gasteiger partial charge on any atom is -0.192 e. The zero-order chi connectivity index (χ0) is 9.68. The van der Waals surface area contributed by atoms with Crippen molar-refractivity contribution in [3.8, 4) is 12.1 Å². The minimum absolute atomic E-state index is 0.526. The maximum atomic E-state index is 8.70. The fourth-order valence-electron chi connectivity index (χ4n) is 1.08. The fraction of sp³-hybridized carbons (Fsp3) is 0.400.